The molecule has 0 fully saturated rings. The molecule has 0 unspecified atom stereocenters. The van der Waals surface area contributed by atoms with E-state index in [4.69, 9.17) is 5.11 Å². The van der Waals surface area contributed by atoms with Crippen molar-refractivity contribution in [1.82, 2.24) is 14.9 Å². The molecule has 2 aromatic rings. The van der Waals surface area contributed by atoms with Crippen molar-refractivity contribution < 1.29 is 9.90 Å². The minimum absolute atomic E-state index is 0.306. The zero-order valence-corrected chi connectivity index (χ0v) is 10.1. The molecule has 1 heterocycles. The summed E-state index contributed by atoms with van der Waals surface area (Å²) in [5.74, 6) is -0.902. The van der Waals surface area contributed by atoms with Crippen molar-refractivity contribution in [3.05, 3.63) is 53.6 Å². The summed E-state index contributed by atoms with van der Waals surface area (Å²) in [6.45, 7) is 1.43. The van der Waals surface area contributed by atoms with Crippen LogP contribution in [-0.2, 0) is 13.1 Å². The van der Waals surface area contributed by atoms with Crippen LogP contribution in [0.4, 0.5) is 0 Å². The number of aromatic nitrogens is 2. The molecule has 0 bridgehead atoms. The van der Waals surface area contributed by atoms with Crippen molar-refractivity contribution in [2.24, 2.45) is 0 Å². The molecule has 5 nitrogen and oxygen atoms in total. The lowest BCUT2D eigenvalue weighted by molar-refractivity contribution is 0.0697. The predicted octanol–water partition coefficient (Wildman–Crippen LogP) is 1.35. The molecule has 18 heavy (non-hydrogen) atoms. The fourth-order valence-electron chi connectivity index (χ4n) is 1.73. The molecule has 1 aromatic carbocycles. The van der Waals surface area contributed by atoms with Crippen LogP contribution in [0.1, 0.15) is 21.6 Å². The van der Waals surface area contributed by atoms with Crippen molar-refractivity contribution in [3.63, 3.8) is 0 Å². The largest absolute Gasteiger partial charge is 0.478 e. The first kappa shape index (κ1) is 12.3. The highest BCUT2D eigenvalue weighted by molar-refractivity contribution is 5.87. The van der Waals surface area contributed by atoms with E-state index in [0.29, 0.717) is 12.1 Å². The Hall–Kier alpha value is -2.14. The first-order valence-electron chi connectivity index (χ1n) is 5.66. The summed E-state index contributed by atoms with van der Waals surface area (Å²) < 4.78 is 1.97. The molecule has 0 spiro atoms. The minimum atomic E-state index is -0.902. The molecule has 0 radical (unpaired) electrons. The summed E-state index contributed by atoms with van der Waals surface area (Å²) in [5.41, 5.74) is 2.34. The Morgan fingerprint density at radius 1 is 1.39 bits per heavy atom. The molecule has 0 saturated carbocycles. The molecule has 5 heteroatoms. The van der Waals surface area contributed by atoms with Gasteiger partial charge in [0.15, 0.2) is 0 Å². The zero-order chi connectivity index (χ0) is 13.0. The van der Waals surface area contributed by atoms with Gasteiger partial charge in [-0.15, -0.1) is 0 Å². The first-order chi connectivity index (χ1) is 8.69. The third kappa shape index (κ3) is 2.95. The Labute approximate surface area is 105 Å². The van der Waals surface area contributed by atoms with Gasteiger partial charge in [-0.1, -0.05) is 12.1 Å². The second-order valence-corrected chi connectivity index (χ2v) is 4.07. The van der Waals surface area contributed by atoms with Crippen LogP contribution in [0.3, 0.4) is 0 Å². The number of imidazole rings is 1. The summed E-state index contributed by atoms with van der Waals surface area (Å²) in [5, 5.41) is 11.8. The van der Waals surface area contributed by atoms with E-state index >= 15 is 0 Å². The Bertz CT molecular complexity index is 531. The van der Waals surface area contributed by atoms with Gasteiger partial charge in [0.2, 0.25) is 0 Å². The van der Waals surface area contributed by atoms with Gasteiger partial charge in [0.05, 0.1) is 17.6 Å². The van der Waals surface area contributed by atoms with Crippen LogP contribution in [0.25, 0.3) is 0 Å². The topological polar surface area (TPSA) is 67.2 Å². The average molecular weight is 245 g/mol. The van der Waals surface area contributed by atoms with Gasteiger partial charge in [-0.25, -0.2) is 9.78 Å². The fraction of sp³-hybridized carbons (Fsp3) is 0.231. The monoisotopic (exact) mass is 245 g/mol. The lowest BCUT2D eigenvalue weighted by atomic mass is 10.1. The smallest absolute Gasteiger partial charge is 0.335 e. The van der Waals surface area contributed by atoms with Crippen molar-refractivity contribution in [2.45, 2.75) is 13.1 Å². The van der Waals surface area contributed by atoms with Crippen molar-refractivity contribution >= 4 is 5.97 Å². The molecule has 1 aromatic heterocycles. The number of rotatable bonds is 5. The van der Waals surface area contributed by atoms with Crippen molar-refractivity contribution in [2.75, 3.05) is 7.05 Å². The van der Waals surface area contributed by atoms with E-state index < -0.39 is 5.97 Å². The highest BCUT2D eigenvalue weighted by Crippen LogP contribution is 2.07. The van der Waals surface area contributed by atoms with E-state index in [9.17, 15) is 4.79 Å². The van der Waals surface area contributed by atoms with E-state index in [-0.39, 0.29) is 0 Å². The van der Waals surface area contributed by atoms with E-state index in [2.05, 4.69) is 10.3 Å². The van der Waals surface area contributed by atoms with Crippen molar-refractivity contribution in [3.8, 4) is 0 Å². The summed E-state index contributed by atoms with van der Waals surface area (Å²) >= 11 is 0. The van der Waals surface area contributed by atoms with Crippen molar-refractivity contribution in [1.29, 1.82) is 0 Å². The molecule has 94 valence electrons. The summed E-state index contributed by atoms with van der Waals surface area (Å²) in [6.07, 6.45) is 3.75. The molecule has 0 atom stereocenters. The van der Waals surface area contributed by atoms with Gasteiger partial charge in [0, 0.05) is 19.3 Å². The number of nitrogens with zero attached hydrogens (tertiary/aromatic N) is 2. The lowest BCUT2D eigenvalue weighted by Crippen LogP contribution is -2.05. The average Bonchev–Trinajstić information content (AvgIpc) is 2.78. The highest BCUT2D eigenvalue weighted by Gasteiger charge is 2.03. The molecule has 2 N–H and O–H groups in total. The van der Waals surface area contributed by atoms with Gasteiger partial charge >= 0.3 is 5.97 Å². The second-order valence-electron chi connectivity index (χ2n) is 4.07. The normalized spacial score (nSPS) is 10.5. The van der Waals surface area contributed by atoms with Gasteiger partial charge in [0.25, 0.3) is 0 Å². The number of carboxylic acids is 1. The van der Waals surface area contributed by atoms with Crippen LogP contribution in [0.5, 0.6) is 0 Å². The number of nitrogens with one attached hydrogen (secondary N) is 1. The van der Waals surface area contributed by atoms with Gasteiger partial charge < -0.3 is 15.0 Å². The van der Waals surface area contributed by atoms with Crippen LogP contribution < -0.4 is 5.32 Å². The van der Waals surface area contributed by atoms with Gasteiger partial charge in [0.1, 0.15) is 0 Å². The number of hydrogen-bond acceptors (Lipinski definition) is 3. The number of hydrogen-bond donors (Lipinski definition) is 2. The molecule has 0 amide bonds. The third-order valence-corrected chi connectivity index (χ3v) is 2.61. The third-order valence-electron chi connectivity index (χ3n) is 2.61. The van der Waals surface area contributed by atoms with E-state index in [1.165, 1.54) is 0 Å². The number of carboxylic acid groups (broad SMARTS) is 1. The summed E-state index contributed by atoms with van der Waals surface area (Å²) in [4.78, 5) is 15.0. The van der Waals surface area contributed by atoms with Crippen LogP contribution in [0.15, 0.2) is 36.8 Å². The van der Waals surface area contributed by atoms with Crippen LogP contribution >= 0.6 is 0 Å². The Balaban J connectivity index is 2.06. The highest BCUT2D eigenvalue weighted by atomic mass is 16.4. The van der Waals surface area contributed by atoms with Crippen LogP contribution in [-0.4, -0.2) is 27.7 Å². The fourth-order valence-corrected chi connectivity index (χ4v) is 1.73. The maximum Gasteiger partial charge on any atom is 0.335 e. The van der Waals surface area contributed by atoms with Gasteiger partial charge in [-0.2, -0.15) is 0 Å². The van der Waals surface area contributed by atoms with E-state index in [0.717, 1.165) is 17.8 Å². The molecule has 0 aliphatic rings. The zero-order valence-electron chi connectivity index (χ0n) is 10.1. The standard InChI is InChI=1S/C13H15N3O2/c1-14-6-12-8-16(9-15-12)7-10-2-4-11(5-3-10)13(17)18/h2-5,8-9,14H,6-7H2,1H3,(H,17,18). The Kier molecular flexibility index (Phi) is 3.74. The minimum Gasteiger partial charge on any atom is -0.478 e. The number of benzene rings is 1. The SMILES string of the molecule is CNCc1cn(Cc2ccc(C(=O)O)cc2)cn1. The Morgan fingerprint density at radius 3 is 2.72 bits per heavy atom. The quantitative estimate of drug-likeness (QED) is 0.834. The molecule has 2 rings (SSSR count). The van der Waals surface area contributed by atoms with Crippen LogP contribution in [0.2, 0.25) is 0 Å². The summed E-state index contributed by atoms with van der Waals surface area (Å²) in [7, 11) is 1.88. The molecule has 0 aliphatic heterocycles. The van der Waals surface area contributed by atoms with Gasteiger partial charge in [-0.3, -0.25) is 0 Å². The van der Waals surface area contributed by atoms with Gasteiger partial charge in [-0.05, 0) is 24.7 Å². The number of carbonyl (C=O) groups is 1. The van der Waals surface area contributed by atoms with E-state index in [1.807, 2.05) is 29.9 Å². The molecule has 0 saturated heterocycles. The summed E-state index contributed by atoms with van der Waals surface area (Å²) in [6, 6.07) is 6.87. The first-order valence-corrected chi connectivity index (χ1v) is 5.66. The molecular formula is C13H15N3O2. The van der Waals surface area contributed by atoms with Crippen LogP contribution in [0, 0.1) is 0 Å². The maximum atomic E-state index is 10.7. The second kappa shape index (κ2) is 5.46. The molecule has 0 aliphatic carbocycles. The van der Waals surface area contributed by atoms with E-state index in [1.54, 1.807) is 18.5 Å². The predicted molar refractivity (Wildman–Crippen MR) is 67.5 cm³/mol. The number of aromatic carboxylic acids is 1. The lowest BCUT2D eigenvalue weighted by Gasteiger charge is -2.03. The maximum absolute atomic E-state index is 10.7. The Morgan fingerprint density at radius 2 is 2.11 bits per heavy atom. The molecular weight excluding hydrogens is 230 g/mol.